The van der Waals surface area contributed by atoms with E-state index in [2.05, 4.69) is 4.98 Å². The summed E-state index contributed by atoms with van der Waals surface area (Å²) in [5.74, 6) is 0.180. The first kappa shape index (κ1) is 12.0. The number of hydrogen-bond donors (Lipinski definition) is 0. The third kappa shape index (κ3) is 2.03. The molecule has 0 aromatic carbocycles. The number of pyridine rings is 1. The highest BCUT2D eigenvalue weighted by molar-refractivity contribution is 7.86. The minimum Gasteiger partial charge on any atom is -0.292 e. The molecule has 2 saturated heterocycles. The Bertz CT molecular complexity index is 481. The molecule has 3 nitrogen and oxygen atoms in total. The summed E-state index contributed by atoms with van der Waals surface area (Å²) in [6.07, 6.45) is 5.38. The van der Waals surface area contributed by atoms with Crippen LogP contribution in [0.25, 0.3) is 0 Å². The molecule has 4 heteroatoms. The molecule has 0 radical (unpaired) electrons. The maximum Gasteiger partial charge on any atom is 0.184 e. The summed E-state index contributed by atoms with van der Waals surface area (Å²) in [6.45, 7) is 1.96. The second kappa shape index (κ2) is 4.57. The van der Waals surface area contributed by atoms with Crippen LogP contribution in [0.2, 0.25) is 0 Å². The van der Waals surface area contributed by atoms with Gasteiger partial charge in [-0.05, 0) is 44.2 Å². The molecule has 1 aromatic rings. The fraction of sp³-hybridized carbons (Fsp3) is 0.571. The number of aryl methyl sites for hydroxylation is 1. The molecule has 2 unspecified atom stereocenters. The van der Waals surface area contributed by atoms with Crippen LogP contribution in [-0.2, 0) is 10.8 Å². The van der Waals surface area contributed by atoms with Gasteiger partial charge in [-0.25, -0.2) is 0 Å². The highest BCUT2D eigenvalue weighted by Gasteiger charge is 2.43. The summed E-state index contributed by atoms with van der Waals surface area (Å²) >= 11 is 0. The van der Waals surface area contributed by atoms with Crippen molar-refractivity contribution in [1.82, 2.24) is 4.98 Å². The van der Waals surface area contributed by atoms with Gasteiger partial charge in [0.25, 0.3) is 0 Å². The van der Waals surface area contributed by atoms with Crippen molar-refractivity contribution < 1.29 is 9.00 Å². The molecule has 2 atom stereocenters. The first-order valence-corrected chi connectivity index (χ1v) is 7.79. The van der Waals surface area contributed by atoms with Gasteiger partial charge in [0, 0.05) is 33.4 Å². The number of carbonyl (C=O) groups is 1. The summed E-state index contributed by atoms with van der Waals surface area (Å²) in [4.78, 5) is 16.6. The quantitative estimate of drug-likeness (QED) is 0.769. The first-order chi connectivity index (χ1) is 8.65. The molecule has 2 bridgehead atoms. The van der Waals surface area contributed by atoms with E-state index in [9.17, 15) is 9.00 Å². The standard InChI is InChI=1S/C14H17NO2S/c1-9-2-5-13(15-8-9)14(16)10-6-11-3-4-12(7-10)18(11)17/h2,5,8,10-12H,3-4,6-7H2,1H3. The monoisotopic (exact) mass is 263 g/mol. The normalized spacial score (nSPS) is 34.5. The SMILES string of the molecule is Cc1ccc(C(=O)C2CC3CCC(C2)S3=O)nc1. The molecule has 3 rings (SSSR count). The lowest BCUT2D eigenvalue weighted by molar-refractivity contribution is 0.0901. The number of fused-ring (bicyclic) bond motifs is 2. The highest BCUT2D eigenvalue weighted by atomic mass is 32.2. The third-order valence-electron chi connectivity index (χ3n) is 4.10. The predicted octanol–water partition coefficient (Wildman–Crippen LogP) is 2.26. The Kier molecular flexibility index (Phi) is 3.06. The predicted molar refractivity (Wildman–Crippen MR) is 71.0 cm³/mol. The Labute approximate surface area is 109 Å². The summed E-state index contributed by atoms with van der Waals surface area (Å²) < 4.78 is 11.9. The number of Topliss-reactive ketones (excluding diaryl/α,β-unsaturated/α-hetero) is 1. The van der Waals surface area contributed by atoms with Gasteiger partial charge < -0.3 is 0 Å². The van der Waals surface area contributed by atoms with Gasteiger partial charge in [-0.15, -0.1) is 0 Å². The van der Waals surface area contributed by atoms with Crippen molar-refractivity contribution in [3.63, 3.8) is 0 Å². The maximum atomic E-state index is 12.4. The lowest BCUT2D eigenvalue weighted by atomic mass is 9.92. The zero-order chi connectivity index (χ0) is 12.7. The maximum absolute atomic E-state index is 12.4. The average molecular weight is 263 g/mol. The van der Waals surface area contributed by atoms with Gasteiger partial charge in [-0.3, -0.25) is 14.0 Å². The van der Waals surface area contributed by atoms with Crippen LogP contribution < -0.4 is 0 Å². The highest BCUT2D eigenvalue weighted by Crippen LogP contribution is 2.39. The van der Waals surface area contributed by atoms with E-state index in [1.165, 1.54) is 0 Å². The number of hydrogen-bond acceptors (Lipinski definition) is 3. The number of carbonyl (C=O) groups excluding carboxylic acids is 1. The van der Waals surface area contributed by atoms with Crippen molar-refractivity contribution in [2.75, 3.05) is 0 Å². The Hall–Kier alpha value is -1.03. The smallest absolute Gasteiger partial charge is 0.184 e. The van der Waals surface area contributed by atoms with E-state index in [1.807, 2.05) is 19.1 Å². The van der Waals surface area contributed by atoms with Crippen LogP contribution in [0.1, 0.15) is 41.7 Å². The minimum atomic E-state index is -0.689. The van der Waals surface area contributed by atoms with Crippen LogP contribution >= 0.6 is 0 Å². The average Bonchev–Trinajstić information content (AvgIpc) is 2.62. The van der Waals surface area contributed by atoms with E-state index < -0.39 is 10.8 Å². The molecule has 0 amide bonds. The second-order valence-corrected chi connectivity index (χ2v) is 7.39. The molecule has 0 N–H and O–H groups in total. The Morgan fingerprint density at radius 3 is 2.50 bits per heavy atom. The molecule has 0 aliphatic carbocycles. The summed E-state index contributed by atoms with van der Waals surface area (Å²) in [7, 11) is -0.689. The largest absolute Gasteiger partial charge is 0.292 e. The van der Waals surface area contributed by atoms with E-state index >= 15 is 0 Å². The van der Waals surface area contributed by atoms with Gasteiger partial charge in [0.15, 0.2) is 5.78 Å². The van der Waals surface area contributed by atoms with Crippen LogP contribution in [0.4, 0.5) is 0 Å². The molecule has 2 aliphatic heterocycles. The summed E-state index contributed by atoms with van der Waals surface area (Å²) in [5, 5.41) is 0.506. The molecule has 96 valence electrons. The minimum absolute atomic E-state index is 0.0374. The van der Waals surface area contributed by atoms with Crippen molar-refractivity contribution in [3.05, 3.63) is 29.6 Å². The number of aromatic nitrogens is 1. The summed E-state index contributed by atoms with van der Waals surface area (Å²) in [5.41, 5.74) is 1.63. The zero-order valence-corrected chi connectivity index (χ0v) is 11.3. The van der Waals surface area contributed by atoms with E-state index in [4.69, 9.17) is 0 Å². The van der Waals surface area contributed by atoms with Gasteiger partial charge >= 0.3 is 0 Å². The van der Waals surface area contributed by atoms with E-state index in [0.717, 1.165) is 31.2 Å². The summed E-state index contributed by atoms with van der Waals surface area (Å²) in [6, 6.07) is 3.74. The van der Waals surface area contributed by atoms with Crippen LogP contribution in [0, 0.1) is 12.8 Å². The molecule has 0 saturated carbocycles. The Morgan fingerprint density at radius 1 is 1.28 bits per heavy atom. The molecular formula is C14H17NO2S. The van der Waals surface area contributed by atoms with E-state index in [1.54, 1.807) is 6.20 Å². The third-order valence-corrected chi connectivity index (χ3v) is 6.27. The van der Waals surface area contributed by atoms with Crippen molar-refractivity contribution >= 4 is 16.6 Å². The fourth-order valence-electron chi connectivity index (χ4n) is 3.07. The molecule has 2 aliphatic rings. The van der Waals surface area contributed by atoms with Gasteiger partial charge in [-0.1, -0.05) is 6.07 Å². The van der Waals surface area contributed by atoms with Crippen molar-refractivity contribution in [1.29, 1.82) is 0 Å². The van der Waals surface area contributed by atoms with E-state index in [0.29, 0.717) is 5.69 Å². The van der Waals surface area contributed by atoms with Crippen LogP contribution in [0.5, 0.6) is 0 Å². The van der Waals surface area contributed by atoms with E-state index in [-0.39, 0.29) is 22.2 Å². The van der Waals surface area contributed by atoms with Crippen LogP contribution in [-0.4, -0.2) is 25.5 Å². The Balaban J connectivity index is 1.78. The molecule has 0 spiro atoms. The first-order valence-electron chi connectivity index (χ1n) is 6.51. The molecule has 3 heterocycles. The molecule has 1 aromatic heterocycles. The van der Waals surface area contributed by atoms with Gasteiger partial charge in [-0.2, -0.15) is 0 Å². The van der Waals surface area contributed by atoms with Crippen LogP contribution in [0.3, 0.4) is 0 Å². The fourth-order valence-corrected chi connectivity index (χ4v) is 5.19. The zero-order valence-electron chi connectivity index (χ0n) is 10.5. The Morgan fingerprint density at radius 2 is 1.94 bits per heavy atom. The molecular weight excluding hydrogens is 246 g/mol. The van der Waals surface area contributed by atoms with Crippen molar-refractivity contribution in [2.24, 2.45) is 5.92 Å². The van der Waals surface area contributed by atoms with Gasteiger partial charge in [0.2, 0.25) is 0 Å². The second-order valence-electron chi connectivity index (χ2n) is 5.40. The topological polar surface area (TPSA) is 47.0 Å². The molecule has 18 heavy (non-hydrogen) atoms. The van der Waals surface area contributed by atoms with Gasteiger partial charge in [0.1, 0.15) is 5.69 Å². The van der Waals surface area contributed by atoms with Crippen molar-refractivity contribution in [2.45, 2.75) is 43.1 Å². The number of nitrogens with zero attached hydrogens (tertiary/aromatic N) is 1. The van der Waals surface area contributed by atoms with Crippen LogP contribution in [0.15, 0.2) is 18.3 Å². The number of ketones is 1. The molecule has 2 fully saturated rings. The lowest BCUT2D eigenvalue weighted by Crippen LogP contribution is -2.32. The van der Waals surface area contributed by atoms with Crippen molar-refractivity contribution in [3.8, 4) is 0 Å². The number of rotatable bonds is 2. The lowest BCUT2D eigenvalue weighted by Gasteiger charge is -2.25. The van der Waals surface area contributed by atoms with Gasteiger partial charge in [0.05, 0.1) is 0 Å².